The number of hydrogen-bond donors (Lipinski definition) is 2. The first-order valence-electron chi connectivity index (χ1n) is 4.70. The predicted molar refractivity (Wildman–Crippen MR) is 61.3 cm³/mol. The lowest BCUT2D eigenvalue weighted by Gasteiger charge is -2.15. The van der Waals surface area contributed by atoms with Gasteiger partial charge in [0, 0.05) is 5.56 Å². The number of rotatable bonds is 4. The molecule has 1 rings (SSSR count). The molecule has 0 aromatic heterocycles. The molecule has 2 unspecified atom stereocenters. The van der Waals surface area contributed by atoms with Crippen molar-refractivity contribution in [2.24, 2.45) is 0 Å². The fraction of sp³-hybridized carbons (Fsp3) is 0.273. The Balaban J connectivity index is 3.36. The summed E-state index contributed by atoms with van der Waals surface area (Å²) in [6.45, 7) is 1.28. The van der Waals surface area contributed by atoms with Crippen LogP contribution < -0.4 is 0 Å². The van der Waals surface area contributed by atoms with Crippen LogP contribution >= 0.6 is 15.9 Å². The number of aliphatic carboxylic acids is 1. The number of hydrogen-bond acceptors (Lipinski definition) is 3. The minimum absolute atomic E-state index is 0.118. The molecule has 0 aliphatic heterocycles. The largest absolute Gasteiger partial charge is 0.479 e. The number of benzene rings is 1. The summed E-state index contributed by atoms with van der Waals surface area (Å²) in [5, 5.41) is 18.1. The Morgan fingerprint density at radius 1 is 1.41 bits per heavy atom. The normalized spacial score (nSPS) is 14.1. The van der Waals surface area contributed by atoms with Gasteiger partial charge in [0.1, 0.15) is 11.6 Å². The summed E-state index contributed by atoms with van der Waals surface area (Å²) >= 11 is 3.03. The molecule has 0 fully saturated rings. The molecule has 1 aromatic rings. The van der Waals surface area contributed by atoms with Gasteiger partial charge < -0.3 is 10.2 Å². The van der Waals surface area contributed by atoms with Crippen molar-refractivity contribution in [3.05, 3.63) is 35.1 Å². The first-order valence-corrected chi connectivity index (χ1v) is 5.61. The second-order valence-corrected chi connectivity index (χ2v) is 4.37. The van der Waals surface area contributed by atoms with E-state index in [9.17, 15) is 19.1 Å². The molecular weight excluding hydrogens is 295 g/mol. The lowest BCUT2D eigenvalue weighted by Crippen LogP contribution is -2.16. The molecule has 0 amide bonds. The Morgan fingerprint density at radius 2 is 2.00 bits per heavy atom. The van der Waals surface area contributed by atoms with Gasteiger partial charge in [0.2, 0.25) is 0 Å². The molecule has 0 saturated carbocycles. The molecule has 0 bridgehead atoms. The monoisotopic (exact) mass is 304 g/mol. The third-order valence-corrected chi connectivity index (χ3v) is 3.36. The van der Waals surface area contributed by atoms with Gasteiger partial charge in [-0.2, -0.15) is 0 Å². The van der Waals surface area contributed by atoms with Crippen LogP contribution in [0.5, 0.6) is 0 Å². The topological polar surface area (TPSA) is 74.6 Å². The molecule has 17 heavy (non-hydrogen) atoms. The van der Waals surface area contributed by atoms with E-state index in [4.69, 9.17) is 5.11 Å². The predicted octanol–water partition coefficient (Wildman–Crippen LogP) is 1.97. The Labute approximate surface area is 105 Å². The standard InChI is InChI=1S/C11H10BrFO4/c1-5(14)9(12)6-3-2-4-7(13)8(6)10(15)11(16)17/h2-4,9-10,15H,1H3,(H,16,17). The summed E-state index contributed by atoms with van der Waals surface area (Å²) in [6, 6.07) is 3.77. The molecule has 1 aromatic carbocycles. The van der Waals surface area contributed by atoms with Crippen LogP contribution in [-0.2, 0) is 9.59 Å². The van der Waals surface area contributed by atoms with Crippen molar-refractivity contribution < 1.29 is 24.2 Å². The Morgan fingerprint density at radius 3 is 2.47 bits per heavy atom. The number of carbonyl (C=O) groups excluding carboxylic acids is 1. The number of halogens is 2. The lowest BCUT2D eigenvalue weighted by atomic mass is 9.98. The number of carboxylic acid groups (broad SMARTS) is 1. The zero-order chi connectivity index (χ0) is 13.2. The molecule has 0 spiro atoms. The summed E-state index contributed by atoms with van der Waals surface area (Å²) in [4.78, 5) is 21.0. The van der Waals surface area contributed by atoms with Crippen LogP contribution in [0.2, 0.25) is 0 Å². The number of Topliss-reactive ketones (excluding diaryl/α,β-unsaturated/α-hetero) is 1. The molecule has 2 atom stereocenters. The summed E-state index contributed by atoms with van der Waals surface area (Å²) in [5.41, 5.74) is -0.274. The third kappa shape index (κ3) is 2.89. The van der Waals surface area contributed by atoms with E-state index in [1.54, 1.807) is 0 Å². The van der Waals surface area contributed by atoms with Gasteiger partial charge in [0.15, 0.2) is 6.10 Å². The summed E-state index contributed by atoms with van der Waals surface area (Å²) in [6.07, 6.45) is -1.99. The van der Waals surface area contributed by atoms with Crippen LogP contribution in [0.3, 0.4) is 0 Å². The van der Waals surface area contributed by atoms with Crippen molar-refractivity contribution in [3.8, 4) is 0 Å². The van der Waals surface area contributed by atoms with Crippen LogP contribution in [0.25, 0.3) is 0 Å². The van der Waals surface area contributed by atoms with Gasteiger partial charge in [-0.1, -0.05) is 28.1 Å². The lowest BCUT2D eigenvalue weighted by molar-refractivity contribution is -0.147. The highest BCUT2D eigenvalue weighted by Crippen LogP contribution is 2.32. The van der Waals surface area contributed by atoms with Gasteiger partial charge >= 0.3 is 5.97 Å². The summed E-state index contributed by atoms with van der Waals surface area (Å²) in [5.74, 6) is -2.74. The summed E-state index contributed by atoms with van der Waals surface area (Å²) in [7, 11) is 0. The van der Waals surface area contributed by atoms with E-state index >= 15 is 0 Å². The number of carboxylic acids is 1. The number of aliphatic hydroxyl groups is 1. The number of ketones is 1. The zero-order valence-corrected chi connectivity index (χ0v) is 10.4. The van der Waals surface area contributed by atoms with Gasteiger partial charge in [-0.25, -0.2) is 9.18 Å². The van der Waals surface area contributed by atoms with Crippen molar-refractivity contribution in [2.75, 3.05) is 0 Å². The highest BCUT2D eigenvalue weighted by atomic mass is 79.9. The molecule has 0 radical (unpaired) electrons. The van der Waals surface area contributed by atoms with E-state index in [0.29, 0.717) is 0 Å². The van der Waals surface area contributed by atoms with E-state index < -0.39 is 28.3 Å². The van der Waals surface area contributed by atoms with Crippen molar-refractivity contribution >= 4 is 27.7 Å². The average Bonchev–Trinajstić information content (AvgIpc) is 2.26. The molecule has 0 heterocycles. The quantitative estimate of drug-likeness (QED) is 0.834. The van der Waals surface area contributed by atoms with Crippen molar-refractivity contribution in [1.82, 2.24) is 0 Å². The highest BCUT2D eigenvalue weighted by Gasteiger charge is 2.27. The number of aliphatic hydroxyl groups excluding tert-OH is 1. The average molecular weight is 305 g/mol. The van der Waals surface area contributed by atoms with E-state index in [-0.39, 0.29) is 11.3 Å². The van der Waals surface area contributed by atoms with Crippen LogP contribution in [0.1, 0.15) is 29.0 Å². The molecule has 4 nitrogen and oxygen atoms in total. The smallest absolute Gasteiger partial charge is 0.337 e. The van der Waals surface area contributed by atoms with E-state index in [1.807, 2.05) is 0 Å². The maximum absolute atomic E-state index is 13.5. The Hall–Kier alpha value is -1.27. The molecule has 0 saturated heterocycles. The van der Waals surface area contributed by atoms with Crippen molar-refractivity contribution in [2.45, 2.75) is 17.9 Å². The molecule has 0 aliphatic carbocycles. The third-order valence-electron chi connectivity index (χ3n) is 2.22. The maximum atomic E-state index is 13.5. The second-order valence-electron chi connectivity index (χ2n) is 3.46. The van der Waals surface area contributed by atoms with E-state index in [0.717, 1.165) is 6.07 Å². The van der Waals surface area contributed by atoms with Crippen molar-refractivity contribution in [1.29, 1.82) is 0 Å². The van der Waals surface area contributed by atoms with Gasteiger partial charge in [-0.3, -0.25) is 4.79 Å². The zero-order valence-electron chi connectivity index (χ0n) is 8.85. The van der Waals surface area contributed by atoms with Gasteiger partial charge in [0.25, 0.3) is 0 Å². The Kier molecular flexibility index (Phi) is 4.36. The maximum Gasteiger partial charge on any atom is 0.337 e. The molecular formula is C11H10BrFO4. The van der Waals surface area contributed by atoms with Crippen LogP contribution in [0, 0.1) is 5.82 Å². The number of carbonyl (C=O) groups is 2. The minimum atomic E-state index is -1.99. The van der Waals surface area contributed by atoms with E-state index in [2.05, 4.69) is 15.9 Å². The fourth-order valence-electron chi connectivity index (χ4n) is 1.41. The van der Waals surface area contributed by atoms with Crippen LogP contribution in [0.4, 0.5) is 4.39 Å². The number of alkyl halides is 1. The van der Waals surface area contributed by atoms with E-state index in [1.165, 1.54) is 19.1 Å². The fourth-order valence-corrected chi connectivity index (χ4v) is 1.80. The van der Waals surface area contributed by atoms with Gasteiger partial charge in [-0.15, -0.1) is 0 Å². The molecule has 2 N–H and O–H groups in total. The van der Waals surface area contributed by atoms with Gasteiger partial charge in [0.05, 0.1) is 4.83 Å². The van der Waals surface area contributed by atoms with Crippen molar-refractivity contribution in [3.63, 3.8) is 0 Å². The Bertz CT molecular complexity index is 461. The van der Waals surface area contributed by atoms with Crippen LogP contribution in [-0.4, -0.2) is 22.0 Å². The first-order chi connectivity index (χ1) is 7.86. The van der Waals surface area contributed by atoms with Gasteiger partial charge in [-0.05, 0) is 18.6 Å². The van der Waals surface area contributed by atoms with Crippen LogP contribution in [0.15, 0.2) is 18.2 Å². The molecule has 92 valence electrons. The highest BCUT2D eigenvalue weighted by molar-refractivity contribution is 9.09. The SMILES string of the molecule is CC(=O)C(Br)c1cccc(F)c1C(O)C(=O)O. The first kappa shape index (κ1) is 13.8. The molecule has 0 aliphatic rings. The molecule has 6 heteroatoms. The second kappa shape index (κ2) is 5.37. The summed E-state index contributed by atoms with van der Waals surface area (Å²) < 4.78 is 13.5. The minimum Gasteiger partial charge on any atom is -0.479 e.